The Balaban J connectivity index is 1.68. The Morgan fingerprint density at radius 1 is 1.08 bits per heavy atom. The minimum atomic E-state index is -4.66. The lowest BCUT2D eigenvalue weighted by molar-refractivity contribution is -0.274. The summed E-state index contributed by atoms with van der Waals surface area (Å²) in [4.78, 5) is 0. The van der Waals surface area contributed by atoms with Gasteiger partial charge in [0.05, 0.1) is 0 Å². The molecule has 0 N–H and O–H groups in total. The normalized spacial score (nSPS) is 21.3. The number of ether oxygens (including phenoxy) is 1. The number of aryl methyl sites for hydroxylation is 1. The van der Waals surface area contributed by atoms with Crippen LogP contribution >= 0.6 is 0 Å². The van der Waals surface area contributed by atoms with Gasteiger partial charge in [0.1, 0.15) is 11.8 Å². The van der Waals surface area contributed by atoms with Gasteiger partial charge in [-0.2, -0.15) is 9.65 Å². The van der Waals surface area contributed by atoms with E-state index in [9.17, 15) is 17.6 Å². The van der Waals surface area contributed by atoms with Crippen molar-refractivity contribution in [2.75, 3.05) is 0 Å². The SMILES string of the molecule is N#CC(F)=CCC[C@H]1CC[C@H](CCc2ccc(OC(F)(F)F)cc2)CC1. The molecule has 2 rings (SSSR count). The van der Waals surface area contributed by atoms with Gasteiger partial charge in [0.2, 0.25) is 0 Å². The fourth-order valence-corrected chi connectivity index (χ4v) is 3.53. The number of hydrogen-bond donors (Lipinski definition) is 0. The van der Waals surface area contributed by atoms with Gasteiger partial charge in [-0.15, -0.1) is 13.2 Å². The van der Waals surface area contributed by atoms with E-state index in [1.165, 1.54) is 24.3 Å². The van der Waals surface area contributed by atoms with Gasteiger partial charge in [0, 0.05) is 0 Å². The summed E-state index contributed by atoms with van der Waals surface area (Å²) in [5, 5.41) is 8.37. The zero-order chi connectivity index (χ0) is 19.0. The molecule has 6 heteroatoms. The number of hydrogen-bond acceptors (Lipinski definition) is 2. The summed E-state index contributed by atoms with van der Waals surface area (Å²) in [5.41, 5.74) is 1.01. The van der Waals surface area contributed by atoms with E-state index >= 15 is 0 Å². The van der Waals surface area contributed by atoms with Crippen molar-refractivity contribution >= 4 is 0 Å². The van der Waals surface area contributed by atoms with Gasteiger partial charge in [-0.25, -0.2) is 0 Å². The lowest BCUT2D eigenvalue weighted by Crippen LogP contribution is -2.17. The molecule has 0 saturated heterocycles. The van der Waals surface area contributed by atoms with E-state index in [1.54, 1.807) is 12.1 Å². The number of halogens is 4. The van der Waals surface area contributed by atoms with Crippen LogP contribution in [0.2, 0.25) is 0 Å². The fraction of sp³-hybridized carbons (Fsp3) is 0.550. The van der Waals surface area contributed by atoms with Crippen molar-refractivity contribution in [2.45, 2.75) is 57.7 Å². The molecule has 0 atom stereocenters. The van der Waals surface area contributed by atoms with Crippen LogP contribution in [0.5, 0.6) is 5.75 Å². The summed E-state index contributed by atoms with van der Waals surface area (Å²) in [6.45, 7) is 0. The van der Waals surface area contributed by atoms with Gasteiger partial charge in [0.15, 0.2) is 5.83 Å². The standard InChI is InChI=1S/C20H23F4NO/c21-18(14-25)3-1-2-15-4-6-16(7-5-15)8-9-17-10-12-19(13-11-17)26-20(22,23)24/h3,10-13,15-16H,1-2,4-9H2/t15-,16-. The van der Waals surface area contributed by atoms with E-state index in [1.807, 2.05) is 0 Å². The van der Waals surface area contributed by atoms with E-state index in [0.29, 0.717) is 18.3 Å². The molecule has 1 aromatic rings. The molecule has 1 aliphatic rings. The summed E-state index contributed by atoms with van der Waals surface area (Å²) in [5.74, 6) is 0.325. The summed E-state index contributed by atoms with van der Waals surface area (Å²) in [6.07, 6.45) is 4.59. The fourth-order valence-electron chi connectivity index (χ4n) is 3.53. The third-order valence-electron chi connectivity index (χ3n) is 4.97. The van der Waals surface area contributed by atoms with E-state index in [2.05, 4.69) is 4.74 Å². The second-order valence-electron chi connectivity index (χ2n) is 6.86. The molecule has 0 amide bonds. The molecule has 1 aliphatic carbocycles. The summed E-state index contributed by atoms with van der Waals surface area (Å²) < 4.78 is 53.0. The van der Waals surface area contributed by atoms with E-state index in [0.717, 1.165) is 50.5 Å². The monoisotopic (exact) mass is 369 g/mol. The Bertz CT molecular complexity index is 623. The largest absolute Gasteiger partial charge is 0.573 e. The predicted molar refractivity (Wildman–Crippen MR) is 90.9 cm³/mol. The molecule has 0 radical (unpaired) electrons. The van der Waals surface area contributed by atoms with Crippen molar-refractivity contribution in [3.8, 4) is 11.8 Å². The molecule has 1 fully saturated rings. The second kappa shape index (κ2) is 9.61. The summed E-state index contributed by atoms with van der Waals surface area (Å²) in [7, 11) is 0. The lowest BCUT2D eigenvalue weighted by Gasteiger charge is -2.28. The van der Waals surface area contributed by atoms with Gasteiger partial charge < -0.3 is 4.74 Å². The zero-order valence-corrected chi connectivity index (χ0v) is 14.6. The first kappa shape index (κ1) is 20.3. The van der Waals surface area contributed by atoms with Crippen LogP contribution in [0.3, 0.4) is 0 Å². The van der Waals surface area contributed by atoms with E-state index in [4.69, 9.17) is 5.26 Å². The highest BCUT2D eigenvalue weighted by Crippen LogP contribution is 2.34. The molecule has 142 valence electrons. The molecule has 0 spiro atoms. The van der Waals surface area contributed by atoms with Crippen molar-refractivity contribution in [1.29, 1.82) is 5.26 Å². The average molecular weight is 369 g/mol. The number of nitriles is 1. The molecule has 1 saturated carbocycles. The zero-order valence-electron chi connectivity index (χ0n) is 14.6. The lowest BCUT2D eigenvalue weighted by atomic mass is 9.78. The van der Waals surface area contributed by atoms with Crippen molar-refractivity contribution in [3.05, 3.63) is 41.7 Å². The smallest absolute Gasteiger partial charge is 0.406 e. The van der Waals surface area contributed by atoms with E-state index in [-0.39, 0.29) is 5.75 Å². The Morgan fingerprint density at radius 3 is 2.19 bits per heavy atom. The molecule has 0 aromatic heterocycles. The number of benzene rings is 1. The highest BCUT2D eigenvalue weighted by molar-refractivity contribution is 5.27. The first-order chi connectivity index (χ1) is 12.4. The van der Waals surface area contributed by atoms with E-state index < -0.39 is 12.2 Å². The molecule has 0 bridgehead atoms. The molecule has 0 aliphatic heterocycles. The number of rotatable bonds is 7. The van der Waals surface area contributed by atoms with Crippen molar-refractivity contribution in [2.24, 2.45) is 11.8 Å². The average Bonchev–Trinajstić information content (AvgIpc) is 2.61. The maximum absolute atomic E-state index is 12.8. The highest BCUT2D eigenvalue weighted by Gasteiger charge is 2.31. The van der Waals surface area contributed by atoms with Gasteiger partial charge in [-0.3, -0.25) is 0 Å². The van der Waals surface area contributed by atoms with Crippen molar-refractivity contribution in [3.63, 3.8) is 0 Å². The Hall–Kier alpha value is -2.03. The number of allylic oxidation sites excluding steroid dienone is 2. The van der Waals surface area contributed by atoms with Crippen LogP contribution < -0.4 is 4.74 Å². The number of alkyl halides is 3. The molecule has 1 aromatic carbocycles. The Labute approximate surface area is 151 Å². The summed E-state index contributed by atoms with van der Waals surface area (Å²) >= 11 is 0. The number of nitrogens with zero attached hydrogens (tertiary/aromatic N) is 1. The molecular weight excluding hydrogens is 346 g/mol. The van der Waals surface area contributed by atoms with Crippen LogP contribution in [-0.4, -0.2) is 6.36 Å². The first-order valence-corrected chi connectivity index (χ1v) is 8.96. The van der Waals surface area contributed by atoms with Gasteiger partial charge in [-0.05, 0) is 61.3 Å². The van der Waals surface area contributed by atoms with Gasteiger partial charge in [-0.1, -0.05) is 37.8 Å². The third-order valence-corrected chi connectivity index (χ3v) is 4.97. The maximum atomic E-state index is 12.8. The maximum Gasteiger partial charge on any atom is 0.573 e. The van der Waals surface area contributed by atoms with Crippen LogP contribution in [0.4, 0.5) is 17.6 Å². The quantitative estimate of drug-likeness (QED) is 0.407. The molecule has 0 unspecified atom stereocenters. The first-order valence-electron chi connectivity index (χ1n) is 8.96. The van der Waals surface area contributed by atoms with Crippen LogP contribution in [0, 0.1) is 23.2 Å². The van der Waals surface area contributed by atoms with Crippen LogP contribution in [0.25, 0.3) is 0 Å². The van der Waals surface area contributed by atoms with Crippen molar-refractivity contribution < 1.29 is 22.3 Å². The van der Waals surface area contributed by atoms with Gasteiger partial charge in [0.25, 0.3) is 0 Å². The van der Waals surface area contributed by atoms with Crippen LogP contribution in [0.1, 0.15) is 50.5 Å². The Morgan fingerprint density at radius 2 is 1.65 bits per heavy atom. The third kappa shape index (κ3) is 7.47. The molecular formula is C20H23F4NO. The van der Waals surface area contributed by atoms with Crippen molar-refractivity contribution in [1.82, 2.24) is 0 Å². The minimum Gasteiger partial charge on any atom is -0.406 e. The minimum absolute atomic E-state index is 0.191. The summed E-state index contributed by atoms with van der Waals surface area (Å²) in [6, 6.07) is 7.56. The Kier molecular flexibility index (Phi) is 7.50. The highest BCUT2D eigenvalue weighted by atomic mass is 19.4. The van der Waals surface area contributed by atoms with Gasteiger partial charge >= 0.3 is 6.36 Å². The second-order valence-corrected chi connectivity index (χ2v) is 6.86. The van der Waals surface area contributed by atoms with Crippen LogP contribution in [-0.2, 0) is 6.42 Å². The topological polar surface area (TPSA) is 33.0 Å². The predicted octanol–water partition coefficient (Wildman–Crippen LogP) is 6.48. The van der Waals surface area contributed by atoms with Crippen LogP contribution in [0.15, 0.2) is 36.2 Å². The molecule has 26 heavy (non-hydrogen) atoms. The molecule has 2 nitrogen and oxygen atoms in total. The molecule has 0 heterocycles.